The normalized spacial score (nSPS) is 11.6. The van der Waals surface area contributed by atoms with Crippen LogP contribution in [-0.2, 0) is 78.0 Å². The third-order valence-corrected chi connectivity index (χ3v) is 11.2. The average molecular weight is 1270 g/mol. The molecule has 6 aromatic carbocycles. The van der Waals surface area contributed by atoms with Gasteiger partial charge in [0, 0.05) is 65.5 Å². The van der Waals surface area contributed by atoms with Gasteiger partial charge >= 0.3 is 42.0 Å². The number of fused-ring (bicyclic) bond motifs is 6. The molecule has 81 heavy (non-hydrogen) atoms. The molecule has 0 fully saturated rings. The Morgan fingerprint density at radius 2 is 0.679 bits per heavy atom. The van der Waals surface area contributed by atoms with E-state index in [0.717, 1.165) is 50.7 Å². The summed E-state index contributed by atoms with van der Waals surface area (Å²) in [6, 6.07) is 67.1. The Bertz CT molecular complexity index is 2820. The number of hydrogen-bond acceptors (Lipinski definition) is 19. The number of halogens is 2. The molecule has 0 bridgehead atoms. The third kappa shape index (κ3) is 30.2. The van der Waals surface area contributed by atoms with Crippen molar-refractivity contribution >= 4 is 7.82 Å². The van der Waals surface area contributed by atoms with Gasteiger partial charge in [-0.2, -0.15) is 10.5 Å². The standard InChI is InChI=1S/2C20H18N2.C12H11O4P.2C2H3N.2ClHO4.2Cu.2H2O/c2*1-3-10-19-16(7-1)13-22(15-18-9-5-6-12-21-18)14-17-8-2-4-11-20(17)19;13-17(14,15-11-7-3-1-4-8-11)16-12-9-5-2-6-10-12;2*1-2-3;2*2-1(3,4)5;;;;/h2*1-12H,13-15H2;1-10H,(H,13,14);2*1H3;2*(H,2,3,4,5);;;2*1H2/q;;;;;;;2*+2;;/p-4. The minimum atomic E-state index is -4.94. The van der Waals surface area contributed by atoms with E-state index in [9.17, 15) is 9.46 Å². The molecule has 10 rings (SSSR count). The van der Waals surface area contributed by atoms with Crippen LogP contribution in [0.2, 0.25) is 0 Å². The van der Waals surface area contributed by atoms with Crippen molar-refractivity contribution in [1.29, 1.82) is 10.5 Å². The van der Waals surface area contributed by atoms with Gasteiger partial charge in [0.15, 0.2) is 0 Å². The molecule has 3 N–H and O–H groups in total. The molecule has 0 spiro atoms. The number of nitrogens with zero attached hydrogens (tertiary/aromatic N) is 6. The fraction of sp³-hybridized carbons (Fsp3) is 0.143. The van der Waals surface area contributed by atoms with Gasteiger partial charge in [-0.05, 0) is 93.0 Å². The Morgan fingerprint density at radius 3 is 0.914 bits per heavy atom. The monoisotopic (exact) mass is 1260 g/mol. The Morgan fingerprint density at radius 1 is 0.457 bits per heavy atom. The third-order valence-electron chi connectivity index (χ3n) is 10.4. The van der Waals surface area contributed by atoms with Crippen molar-refractivity contribution in [3.05, 3.63) is 240 Å². The molecule has 0 amide bonds. The van der Waals surface area contributed by atoms with E-state index in [-0.39, 0.29) is 56.6 Å². The Hall–Kier alpha value is -6.47. The second kappa shape index (κ2) is 39.0. The maximum atomic E-state index is 11.6. The molecule has 0 saturated heterocycles. The Kier molecular flexibility index (Phi) is 35.9. The van der Waals surface area contributed by atoms with Crippen LogP contribution in [0.4, 0.5) is 0 Å². The van der Waals surface area contributed by atoms with Crippen LogP contribution >= 0.6 is 7.82 Å². The number of phosphoric ester groups is 1. The zero-order valence-electron chi connectivity index (χ0n) is 43.2. The molecular formula is C56H55Cl2Cu2N6O14P. The largest absolute Gasteiger partial charge is 2.00 e. The van der Waals surface area contributed by atoms with E-state index < -0.39 is 28.3 Å². The number of para-hydroxylation sites is 2. The van der Waals surface area contributed by atoms with Crippen molar-refractivity contribution in [2.45, 2.75) is 53.1 Å². The molecule has 4 heterocycles. The van der Waals surface area contributed by atoms with Gasteiger partial charge in [-0.15, -0.1) is 20.5 Å². The Labute approximate surface area is 495 Å². The number of nitriles is 2. The summed E-state index contributed by atoms with van der Waals surface area (Å²) >= 11 is 0. The van der Waals surface area contributed by atoms with Crippen LogP contribution in [0.25, 0.3) is 22.3 Å². The van der Waals surface area contributed by atoms with Crippen molar-refractivity contribution < 1.29 is 121 Å². The predicted octanol–water partition coefficient (Wildman–Crippen LogP) is 1.68. The SMILES string of the molecule is CC#N.CC#N.O.O=P([O-])(Oc1ccccc1)Oc1ccccc1.[Cu+2].[Cu+2].[O-][Cl+3]([O-])([O-])[O-].[O-][Cl+3]([O-])([O-])[O-].[OH-].c1ccc(CN2Cc3ccccc3-c3ccccc3C2)nc1.c1ccc(CN2Cc3ccccc3-c3ccccc3C2)nc1. The van der Waals surface area contributed by atoms with E-state index in [2.05, 4.69) is 141 Å². The molecule has 20 nitrogen and oxygen atoms in total. The maximum Gasteiger partial charge on any atom is 2.00 e. The fourth-order valence-electron chi connectivity index (χ4n) is 7.66. The van der Waals surface area contributed by atoms with Crippen LogP contribution in [0.5, 0.6) is 11.5 Å². The first-order valence-electron chi connectivity index (χ1n) is 23.0. The van der Waals surface area contributed by atoms with Crippen LogP contribution in [0.15, 0.2) is 207 Å². The Balaban J connectivity index is 0.00000103. The van der Waals surface area contributed by atoms with E-state index in [1.807, 2.05) is 24.5 Å². The second-order valence-corrected chi connectivity index (χ2v) is 18.8. The first-order chi connectivity index (χ1) is 36.8. The van der Waals surface area contributed by atoms with Crippen LogP contribution in [-0.4, -0.2) is 30.7 Å². The summed E-state index contributed by atoms with van der Waals surface area (Å²) in [6.45, 7) is 8.46. The van der Waals surface area contributed by atoms with Crippen LogP contribution in [0, 0.1) is 43.1 Å². The molecule has 2 radical (unpaired) electrons. The predicted molar refractivity (Wildman–Crippen MR) is 268 cm³/mol. The topological polar surface area (TPSA) is 384 Å². The average Bonchev–Trinajstić information content (AvgIpc) is 3.74. The maximum absolute atomic E-state index is 11.6. The smallest absolute Gasteiger partial charge is 0.870 e. The molecule has 2 aliphatic rings. The molecule has 2 aromatic heterocycles. The number of rotatable bonds is 8. The number of benzene rings is 6. The van der Waals surface area contributed by atoms with Gasteiger partial charge in [0.2, 0.25) is 0 Å². The first-order valence-corrected chi connectivity index (χ1v) is 26.9. The minimum Gasteiger partial charge on any atom is -0.870 e. The molecule has 25 heteroatoms. The number of pyridine rings is 2. The van der Waals surface area contributed by atoms with Crippen molar-refractivity contribution in [2.75, 3.05) is 0 Å². The summed E-state index contributed by atoms with van der Waals surface area (Å²) < 4.78 is 89.1. The number of phosphoric acid groups is 1. The molecule has 8 aromatic rings. The van der Waals surface area contributed by atoms with E-state index in [4.69, 9.17) is 56.8 Å². The van der Waals surface area contributed by atoms with Crippen molar-refractivity contribution in [3.8, 4) is 45.9 Å². The summed E-state index contributed by atoms with van der Waals surface area (Å²) in [5.41, 5.74) is 13.3. The van der Waals surface area contributed by atoms with Gasteiger partial charge < -0.3 is 24.9 Å². The molecule has 434 valence electrons. The summed E-state index contributed by atoms with van der Waals surface area (Å²) in [5.74, 6) is 0.448. The zero-order chi connectivity index (χ0) is 56.1. The van der Waals surface area contributed by atoms with Gasteiger partial charge in [-0.25, -0.2) is 41.8 Å². The van der Waals surface area contributed by atoms with Gasteiger partial charge in [-0.3, -0.25) is 19.8 Å². The van der Waals surface area contributed by atoms with Gasteiger partial charge in [0.05, 0.1) is 23.5 Å². The van der Waals surface area contributed by atoms with E-state index in [0.29, 0.717) is 0 Å². The first kappa shape index (κ1) is 74.5. The van der Waals surface area contributed by atoms with E-state index in [1.165, 1.54) is 58.4 Å². The summed E-state index contributed by atoms with van der Waals surface area (Å²) in [5, 5.41) is 14.6. The van der Waals surface area contributed by atoms with E-state index in [1.54, 1.807) is 72.8 Å². The minimum absolute atomic E-state index is 0. The van der Waals surface area contributed by atoms with Crippen LogP contribution < -0.4 is 51.2 Å². The van der Waals surface area contributed by atoms with Crippen molar-refractivity contribution in [3.63, 3.8) is 0 Å². The van der Waals surface area contributed by atoms with Crippen molar-refractivity contribution in [2.24, 2.45) is 0 Å². The quantitative estimate of drug-likeness (QED) is 0.154. The molecule has 0 atom stereocenters. The number of aromatic nitrogens is 2. The molecular weight excluding hydrogens is 1210 g/mol. The molecule has 2 aliphatic heterocycles. The molecule has 0 unspecified atom stereocenters. The summed E-state index contributed by atoms with van der Waals surface area (Å²) in [6.07, 6.45) is 3.74. The van der Waals surface area contributed by atoms with Crippen molar-refractivity contribution in [1.82, 2.24) is 19.8 Å². The van der Waals surface area contributed by atoms with Crippen LogP contribution in [0.1, 0.15) is 47.5 Å². The number of hydrogen-bond donors (Lipinski definition) is 0. The van der Waals surface area contributed by atoms with Crippen LogP contribution in [0.3, 0.4) is 0 Å². The fourth-order valence-corrected chi connectivity index (χ4v) is 8.46. The molecule has 0 aliphatic carbocycles. The summed E-state index contributed by atoms with van der Waals surface area (Å²) in [4.78, 5) is 25.4. The van der Waals surface area contributed by atoms with Gasteiger partial charge in [0.25, 0.3) is 0 Å². The van der Waals surface area contributed by atoms with Gasteiger partial charge in [-0.1, -0.05) is 146 Å². The second-order valence-electron chi connectivity index (χ2n) is 16.0. The summed E-state index contributed by atoms with van der Waals surface area (Å²) in [7, 11) is -14.3. The van der Waals surface area contributed by atoms with Gasteiger partial charge in [0.1, 0.15) is 11.5 Å². The van der Waals surface area contributed by atoms with E-state index >= 15 is 0 Å². The zero-order valence-corrected chi connectivity index (χ0v) is 47.5. The molecule has 0 saturated carbocycles.